The average molecular weight is 656 g/mol. The molecule has 1 aliphatic carbocycles. The van der Waals surface area contributed by atoms with E-state index in [0.717, 1.165) is 32.2 Å². The maximum atomic E-state index is 13.7. The molecule has 0 radical (unpaired) electrons. The Balaban J connectivity index is 0.00000384. The van der Waals surface area contributed by atoms with Crippen molar-refractivity contribution in [1.82, 2.24) is 34.4 Å². The van der Waals surface area contributed by atoms with Crippen molar-refractivity contribution in [2.45, 2.75) is 43.9 Å². The minimum absolute atomic E-state index is 0. The van der Waals surface area contributed by atoms with Gasteiger partial charge in [0.1, 0.15) is 0 Å². The van der Waals surface area contributed by atoms with Gasteiger partial charge in [0, 0.05) is 45.1 Å². The Morgan fingerprint density at radius 1 is 1.07 bits per heavy atom. The lowest BCUT2D eigenvalue weighted by atomic mass is 10.1. The smallest absolute Gasteiger partial charge is 0.338 e. The molecule has 6 rings (SSSR count). The van der Waals surface area contributed by atoms with Crippen molar-refractivity contribution in [1.29, 1.82) is 0 Å². The van der Waals surface area contributed by atoms with Crippen molar-refractivity contribution in [3.05, 3.63) is 52.7 Å². The standard InChI is InChI=1S/C28H30ClF3N8O3.ClH/c1-37-22(19-15-40(17-5-6-17)36-23(19)28(30,31)32)14-34-24(37)25(41)35-16-4-7-18(20(29)13-16)26(42)38-9-11-39(12-10-38)27(43)21-3-2-8-33-21;/h4,7,13-15,17,21,33H,2-3,5-6,8-12H2,1H3,(H,35,41);1H. The van der Waals surface area contributed by atoms with Gasteiger partial charge in [-0.1, -0.05) is 11.6 Å². The normalized spacial score (nSPS) is 18.7. The molecular weight excluding hydrogens is 624 g/mol. The molecule has 11 nitrogen and oxygen atoms in total. The number of hydrogen-bond donors (Lipinski definition) is 2. The van der Waals surface area contributed by atoms with E-state index in [2.05, 4.69) is 20.7 Å². The summed E-state index contributed by atoms with van der Waals surface area (Å²) in [5.41, 5.74) is -0.540. The topological polar surface area (TPSA) is 117 Å². The van der Waals surface area contributed by atoms with Crippen molar-refractivity contribution in [3.63, 3.8) is 0 Å². The van der Waals surface area contributed by atoms with Gasteiger partial charge in [0.2, 0.25) is 5.91 Å². The quantitative estimate of drug-likeness (QED) is 0.415. The molecule has 2 saturated heterocycles. The number of piperazine rings is 1. The number of anilines is 1. The third-order valence-corrected chi connectivity index (χ3v) is 8.40. The molecule has 4 heterocycles. The Labute approximate surface area is 262 Å². The molecule has 1 aromatic carbocycles. The number of rotatable bonds is 6. The molecule has 3 amide bonds. The van der Waals surface area contributed by atoms with Crippen molar-refractivity contribution >= 4 is 47.4 Å². The predicted molar refractivity (Wildman–Crippen MR) is 158 cm³/mol. The largest absolute Gasteiger partial charge is 0.435 e. The lowest BCUT2D eigenvalue weighted by Crippen LogP contribution is -2.54. The zero-order valence-electron chi connectivity index (χ0n) is 23.7. The molecule has 3 fully saturated rings. The van der Waals surface area contributed by atoms with Crippen LogP contribution in [0.1, 0.15) is 58.4 Å². The Kier molecular flexibility index (Phi) is 8.96. The first-order chi connectivity index (χ1) is 20.5. The maximum absolute atomic E-state index is 13.7. The molecule has 2 aromatic heterocycles. The minimum Gasteiger partial charge on any atom is -0.338 e. The fourth-order valence-electron chi connectivity index (χ4n) is 5.55. The highest BCUT2D eigenvalue weighted by molar-refractivity contribution is 6.34. The summed E-state index contributed by atoms with van der Waals surface area (Å²) in [5.74, 6) is -0.991. The fraction of sp³-hybridized carbons (Fsp3) is 0.464. The summed E-state index contributed by atoms with van der Waals surface area (Å²) in [6, 6.07) is 4.25. The van der Waals surface area contributed by atoms with E-state index in [1.807, 2.05) is 0 Å². The zero-order valence-corrected chi connectivity index (χ0v) is 25.3. The van der Waals surface area contributed by atoms with Crippen molar-refractivity contribution in [2.75, 3.05) is 38.0 Å². The van der Waals surface area contributed by atoms with Crippen molar-refractivity contribution < 1.29 is 27.6 Å². The van der Waals surface area contributed by atoms with Crippen LogP contribution in [0, 0.1) is 0 Å². The monoisotopic (exact) mass is 654 g/mol. The zero-order chi connectivity index (χ0) is 30.5. The number of imidazole rings is 1. The molecule has 0 bridgehead atoms. The van der Waals surface area contributed by atoms with Crippen molar-refractivity contribution in [3.8, 4) is 11.3 Å². The third-order valence-electron chi connectivity index (χ3n) is 8.08. The van der Waals surface area contributed by atoms with E-state index in [9.17, 15) is 27.6 Å². The van der Waals surface area contributed by atoms with Gasteiger partial charge in [-0.25, -0.2) is 4.98 Å². The molecule has 2 aliphatic heterocycles. The summed E-state index contributed by atoms with van der Waals surface area (Å²) < 4.78 is 43.8. The molecule has 1 atom stereocenters. The summed E-state index contributed by atoms with van der Waals surface area (Å²) in [6.07, 6.45) is 1.21. The molecule has 2 N–H and O–H groups in total. The second-order valence-electron chi connectivity index (χ2n) is 11.0. The summed E-state index contributed by atoms with van der Waals surface area (Å²) >= 11 is 6.44. The molecule has 3 aromatic rings. The first-order valence-corrected chi connectivity index (χ1v) is 14.5. The van der Waals surface area contributed by atoms with Crippen LogP contribution in [0.25, 0.3) is 11.3 Å². The Bertz CT molecular complexity index is 1570. The molecule has 236 valence electrons. The Morgan fingerprint density at radius 2 is 1.77 bits per heavy atom. The van der Waals surface area contributed by atoms with E-state index in [4.69, 9.17) is 11.6 Å². The van der Waals surface area contributed by atoms with E-state index in [-0.39, 0.29) is 69.7 Å². The highest BCUT2D eigenvalue weighted by atomic mass is 35.5. The lowest BCUT2D eigenvalue weighted by Gasteiger charge is -2.36. The van der Waals surface area contributed by atoms with E-state index < -0.39 is 17.8 Å². The van der Waals surface area contributed by atoms with Gasteiger partial charge in [-0.15, -0.1) is 12.4 Å². The number of carbonyl (C=O) groups is 3. The van der Waals surface area contributed by atoms with Crippen LogP contribution in [0.2, 0.25) is 5.02 Å². The highest BCUT2D eigenvalue weighted by Crippen LogP contribution is 2.41. The number of alkyl halides is 3. The van der Waals surface area contributed by atoms with E-state index in [1.165, 1.54) is 46.9 Å². The number of benzene rings is 1. The van der Waals surface area contributed by atoms with Gasteiger partial charge < -0.3 is 25.0 Å². The molecule has 44 heavy (non-hydrogen) atoms. The molecule has 0 spiro atoms. The van der Waals surface area contributed by atoms with E-state index >= 15 is 0 Å². The van der Waals surface area contributed by atoms with Crippen LogP contribution < -0.4 is 10.6 Å². The first-order valence-electron chi connectivity index (χ1n) is 14.1. The van der Waals surface area contributed by atoms with Gasteiger partial charge in [0.25, 0.3) is 11.8 Å². The summed E-state index contributed by atoms with van der Waals surface area (Å²) in [5, 5.41) is 9.74. The Morgan fingerprint density at radius 3 is 2.39 bits per heavy atom. The van der Waals surface area contributed by atoms with Gasteiger partial charge >= 0.3 is 6.18 Å². The summed E-state index contributed by atoms with van der Waals surface area (Å²) in [6.45, 7) is 2.46. The number of amides is 3. The molecular formula is C28H31Cl2F3N8O3. The van der Waals surface area contributed by atoms with Gasteiger partial charge in [0.15, 0.2) is 11.5 Å². The number of nitrogens with one attached hydrogen (secondary N) is 2. The van der Waals surface area contributed by atoms with Crippen LogP contribution in [-0.4, -0.2) is 85.6 Å². The van der Waals surface area contributed by atoms with Crippen LogP contribution in [0.15, 0.2) is 30.6 Å². The van der Waals surface area contributed by atoms with E-state index in [0.29, 0.717) is 26.2 Å². The molecule has 1 unspecified atom stereocenters. The number of nitrogens with zero attached hydrogens (tertiary/aromatic N) is 6. The first kappa shape index (κ1) is 31.8. The van der Waals surface area contributed by atoms with Gasteiger partial charge in [-0.3, -0.25) is 19.1 Å². The summed E-state index contributed by atoms with van der Waals surface area (Å²) in [7, 11) is 1.46. The van der Waals surface area contributed by atoms with Crippen LogP contribution in [0.3, 0.4) is 0 Å². The van der Waals surface area contributed by atoms with Crippen LogP contribution in [-0.2, 0) is 18.0 Å². The number of halogens is 5. The van der Waals surface area contributed by atoms with Gasteiger partial charge in [0.05, 0.1) is 40.1 Å². The van der Waals surface area contributed by atoms with E-state index in [1.54, 1.807) is 9.80 Å². The van der Waals surface area contributed by atoms with Crippen molar-refractivity contribution in [2.24, 2.45) is 7.05 Å². The minimum atomic E-state index is -4.67. The van der Waals surface area contributed by atoms with Gasteiger partial charge in [-0.05, 0) is 50.4 Å². The second kappa shape index (κ2) is 12.4. The lowest BCUT2D eigenvalue weighted by molar-refractivity contribution is -0.141. The fourth-order valence-corrected chi connectivity index (χ4v) is 5.82. The van der Waals surface area contributed by atoms with Crippen LogP contribution in [0.4, 0.5) is 18.9 Å². The summed E-state index contributed by atoms with van der Waals surface area (Å²) in [4.78, 5) is 46.4. The third kappa shape index (κ3) is 6.28. The molecule has 3 aliphatic rings. The second-order valence-corrected chi connectivity index (χ2v) is 11.4. The highest BCUT2D eigenvalue weighted by Gasteiger charge is 2.40. The van der Waals surface area contributed by atoms with Crippen LogP contribution in [0.5, 0.6) is 0 Å². The average Bonchev–Trinajstić information content (AvgIpc) is 3.33. The van der Waals surface area contributed by atoms with Crippen LogP contribution >= 0.6 is 24.0 Å². The molecule has 16 heteroatoms. The number of hydrogen-bond acceptors (Lipinski definition) is 6. The predicted octanol–water partition coefficient (Wildman–Crippen LogP) is 4.00. The van der Waals surface area contributed by atoms with Gasteiger partial charge in [-0.2, -0.15) is 18.3 Å². The number of aromatic nitrogens is 4. The SMILES string of the molecule is Cl.Cn1c(-c2cn(C3CC3)nc2C(F)(F)F)cnc1C(=O)Nc1ccc(C(=O)N2CCN(C(=O)C3CCCN3)CC2)c(Cl)c1. The maximum Gasteiger partial charge on any atom is 0.435 e. The Hall–Kier alpha value is -3.62. The number of carbonyl (C=O) groups excluding carboxylic acids is 3. The molecule has 1 saturated carbocycles.